The molecule has 0 radical (unpaired) electrons. The second-order valence-corrected chi connectivity index (χ2v) is 11.1. The van der Waals surface area contributed by atoms with Gasteiger partial charge in [0.15, 0.2) is 8.32 Å². The SMILES string of the molecule is C[Si](C)(CBr)OCC(Cl)(Cl)Cl. The van der Waals surface area contributed by atoms with E-state index in [2.05, 4.69) is 29.0 Å². The molecule has 6 heteroatoms. The summed E-state index contributed by atoms with van der Waals surface area (Å²) in [6.07, 6.45) is 0. The lowest BCUT2D eigenvalue weighted by Gasteiger charge is -2.22. The summed E-state index contributed by atoms with van der Waals surface area (Å²) in [6, 6.07) is 0. The molecular formula is C5H10BrCl3OSi. The van der Waals surface area contributed by atoms with Crippen molar-refractivity contribution in [2.75, 3.05) is 11.6 Å². The maximum Gasteiger partial charge on any atom is 0.212 e. The van der Waals surface area contributed by atoms with Crippen LogP contribution in [0.15, 0.2) is 0 Å². The molecule has 0 aromatic carbocycles. The third-order valence-electron chi connectivity index (χ3n) is 0.948. The van der Waals surface area contributed by atoms with E-state index < -0.39 is 12.1 Å². The normalized spacial score (nSPS) is 13.6. The van der Waals surface area contributed by atoms with Crippen molar-refractivity contribution in [3.05, 3.63) is 0 Å². The molecule has 0 bridgehead atoms. The summed E-state index contributed by atoms with van der Waals surface area (Å²) in [6.45, 7) is 4.28. The lowest BCUT2D eigenvalue weighted by molar-refractivity contribution is 0.319. The molecule has 0 unspecified atom stereocenters. The minimum absolute atomic E-state index is 0.169. The first-order valence-corrected chi connectivity index (χ1v) is 8.40. The minimum Gasteiger partial charge on any atom is -0.412 e. The Morgan fingerprint density at radius 3 is 2.09 bits per heavy atom. The van der Waals surface area contributed by atoms with Gasteiger partial charge >= 0.3 is 0 Å². The molecule has 0 amide bonds. The summed E-state index contributed by atoms with van der Waals surface area (Å²) in [4.78, 5) is 0.848. The fourth-order valence-electron chi connectivity index (χ4n) is 0.316. The molecule has 0 N–H and O–H groups in total. The summed E-state index contributed by atoms with van der Waals surface area (Å²) in [7, 11) is -1.62. The van der Waals surface area contributed by atoms with Gasteiger partial charge in [0.1, 0.15) is 0 Å². The van der Waals surface area contributed by atoms with Crippen LogP contribution in [0.2, 0.25) is 13.1 Å². The van der Waals surface area contributed by atoms with Crippen LogP contribution in [0.3, 0.4) is 0 Å². The van der Waals surface area contributed by atoms with Crippen LogP contribution in [0.25, 0.3) is 0 Å². The molecule has 0 aliphatic carbocycles. The van der Waals surface area contributed by atoms with Crippen molar-refractivity contribution in [2.45, 2.75) is 16.9 Å². The zero-order valence-corrected chi connectivity index (χ0v) is 11.2. The summed E-state index contributed by atoms with van der Waals surface area (Å²) in [5.74, 6) is 0. The molecule has 0 rings (SSSR count). The Morgan fingerprint density at radius 2 is 1.82 bits per heavy atom. The van der Waals surface area contributed by atoms with E-state index in [1.165, 1.54) is 0 Å². The van der Waals surface area contributed by atoms with Crippen LogP contribution in [-0.4, -0.2) is 23.7 Å². The van der Waals surface area contributed by atoms with E-state index in [1.807, 2.05) is 0 Å². The summed E-state index contributed by atoms with van der Waals surface area (Å²) in [5, 5.41) is 0. The topological polar surface area (TPSA) is 9.23 Å². The first kappa shape index (κ1) is 12.5. The second kappa shape index (κ2) is 4.68. The average molecular weight is 300 g/mol. The Bertz CT molecular complexity index is 125. The van der Waals surface area contributed by atoms with E-state index in [4.69, 9.17) is 39.2 Å². The van der Waals surface area contributed by atoms with Crippen LogP contribution >= 0.6 is 50.7 Å². The number of alkyl halides is 4. The van der Waals surface area contributed by atoms with Gasteiger partial charge in [-0.1, -0.05) is 50.7 Å². The number of rotatable bonds is 3. The molecule has 0 aromatic heterocycles. The van der Waals surface area contributed by atoms with Crippen LogP contribution in [-0.2, 0) is 4.43 Å². The van der Waals surface area contributed by atoms with Crippen LogP contribution < -0.4 is 0 Å². The van der Waals surface area contributed by atoms with Gasteiger partial charge in [-0.15, -0.1) is 0 Å². The van der Waals surface area contributed by atoms with Gasteiger partial charge in [0.25, 0.3) is 0 Å². The molecule has 0 saturated heterocycles. The van der Waals surface area contributed by atoms with E-state index >= 15 is 0 Å². The molecule has 0 aliphatic heterocycles. The van der Waals surface area contributed by atoms with E-state index in [0.717, 1.165) is 4.95 Å². The van der Waals surface area contributed by atoms with Gasteiger partial charge in [0.05, 0.1) is 6.61 Å². The highest BCUT2D eigenvalue weighted by Crippen LogP contribution is 2.27. The molecule has 68 valence electrons. The van der Waals surface area contributed by atoms with Crippen LogP contribution in [0.4, 0.5) is 0 Å². The maximum atomic E-state index is 5.51. The monoisotopic (exact) mass is 298 g/mol. The van der Waals surface area contributed by atoms with Crippen LogP contribution in [0.5, 0.6) is 0 Å². The van der Waals surface area contributed by atoms with Crippen molar-refractivity contribution in [3.8, 4) is 0 Å². The molecule has 0 heterocycles. The van der Waals surface area contributed by atoms with Crippen molar-refractivity contribution in [1.82, 2.24) is 0 Å². The highest BCUT2D eigenvalue weighted by atomic mass is 79.9. The molecule has 0 saturated carbocycles. The Morgan fingerprint density at radius 1 is 1.36 bits per heavy atom. The van der Waals surface area contributed by atoms with Crippen LogP contribution in [0, 0.1) is 0 Å². The van der Waals surface area contributed by atoms with Gasteiger partial charge in [0, 0.05) is 4.95 Å². The Kier molecular flexibility index (Phi) is 5.33. The van der Waals surface area contributed by atoms with Crippen molar-refractivity contribution >= 4 is 59.1 Å². The second-order valence-electron chi connectivity index (χ2n) is 2.80. The van der Waals surface area contributed by atoms with Gasteiger partial charge in [-0.2, -0.15) is 0 Å². The number of halogens is 4. The predicted molar refractivity (Wildman–Crippen MR) is 57.5 cm³/mol. The third-order valence-corrected chi connectivity index (χ3v) is 6.90. The summed E-state index contributed by atoms with van der Waals surface area (Å²) >= 11 is 19.9. The van der Waals surface area contributed by atoms with Crippen molar-refractivity contribution < 1.29 is 4.43 Å². The maximum absolute atomic E-state index is 5.51. The number of hydrogen-bond donors (Lipinski definition) is 0. The fraction of sp³-hybridized carbons (Fsp3) is 1.00. The van der Waals surface area contributed by atoms with Gasteiger partial charge in [-0.3, -0.25) is 0 Å². The first-order chi connectivity index (χ1) is 4.77. The van der Waals surface area contributed by atoms with Gasteiger partial charge in [0.2, 0.25) is 3.79 Å². The molecule has 0 aliphatic rings. The van der Waals surface area contributed by atoms with Crippen molar-refractivity contribution in [2.24, 2.45) is 0 Å². The highest BCUT2D eigenvalue weighted by molar-refractivity contribution is 9.09. The lowest BCUT2D eigenvalue weighted by Crippen LogP contribution is -2.36. The van der Waals surface area contributed by atoms with E-state index in [9.17, 15) is 0 Å². The quantitative estimate of drug-likeness (QED) is 0.572. The molecule has 0 fully saturated rings. The summed E-state index contributed by atoms with van der Waals surface area (Å²) in [5.41, 5.74) is 0. The Hall–Kier alpha value is 1.53. The minimum atomic E-state index is -1.62. The molecule has 11 heavy (non-hydrogen) atoms. The molecule has 0 atom stereocenters. The summed E-state index contributed by atoms with van der Waals surface area (Å²) < 4.78 is 4.15. The molecule has 1 nitrogen and oxygen atoms in total. The zero-order chi connectivity index (χ0) is 9.12. The number of hydrogen-bond acceptors (Lipinski definition) is 1. The van der Waals surface area contributed by atoms with E-state index in [0.29, 0.717) is 0 Å². The third kappa shape index (κ3) is 7.87. The lowest BCUT2D eigenvalue weighted by atomic mass is 10.9. The molecular weight excluding hydrogens is 290 g/mol. The largest absolute Gasteiger partial charge is 0.412 e. The zero-order valence-electron chi connectivity index (χ0n) is 6.33. The van der Waals surface area contributed by atoms with Crippen LogP contribution in [0.1, 0.15) is 0 Å². The van der Waals surface area contributed by atoms with Gasteiger partial charge in [-0.05, 0) is 13.1 Å². The van der Waals surface area contributed by atoms with Crippen molar-refractivity contribution in [3.63, 3.8) is 0 Å². The average Bonchev–Trinajstić information content (AvgIpc) is 1.83. The fourth-order valence-corrected chi connectivity index (χ4v) is 1.92. The highest BCUT2D eigenvalue weighted by Gasteiger charge is 2.27. The Labute approximate surface area is 91.6 Å². The molecule has 0 spiro atoms. The standard InChI is InChI=1S/C5H10BrCl3OSi/c1-11(2,4-6)10-3-5(7,8)9/h3-4H2,1-2H3. The first-order valence-electron chi connectivity index (χ1n) is 3.03. The predicted octanol–water partition coefficient (Wildman–Crippen LogP) is 3.51. The smallest absolute Gasteiger partial charge is 0.212 e. The Balaban J connectivity index is 3.70. The van der Waals surface area contributed by atoms with Crippen molar-refractivity contribution in [1.29, 1.82) is 0 Å². The van der Waals surface area contributed by atoms with Gasteiger partial charge < -0.3 is 4.43 Å². The van der Waals surface area contributed by atoms with Gasteiger partial charge in [-0.25, -0.2) is 0 Å². The van der Waals surface area contributed by atoms with E-state index in [1.54, 1.807) is 0 Å². The molecule has 0 aromatic rings. The van der Waals surface area contributed by atoms with E-state index in [-0.39, 0.29) is 6.61 Å².